The number of pyridine rings is 1. The minimum absolute atomic E-state index is 0.205. The molecule has 1 fully saturated rings. The Bertz CT molecular complexity index is 1470. The Morgan fingerprint density at radius 3 is 2.42 bits per heavy atom. The van der Waals surface area contributed by atoms with Crippen molar-refractivity contribution in [2.75, 3.05) is 36.9 Å². The van der Waals surface area contributed by atoms with E-state index in [1.807, 2.05) is 42.5 Å². The molecular formula is C31H32N4O4S. The fraction of sp³-hybridized carbons (Fsp3) is 0.323. The maximum Gasteiger partial charge on any atom is 0.291 e. The second-order valence-electron chi connectivity index (χ2n) is 10.2. The monoisotopic (exact) mass is 556 g/mol. The molecule has 4 aromatic rings. The number of hydrogen-bond acceptors (Lipinski definition) is 7. The zero-order chi connectivity index (χ0) is 27.3. The minimum atomic E-state index is -0.346. The molecule has 2 amide bonds. The van der Waals surface area contributed by atoms with Gasteiger partial charge in [0.05, 0.1) is 25.3 Å². The zero-order valence-electron chi connectivity index (χ0n) is 22.3. The fourth-order valence-corrected chi connectivity index (χ4v) is 6.54. The number of ether oxygens (including phenoxy) is 1. The lowest BCUT2D eigenvalue weighted by Crippen LogP contribution is -2.35. The maximum atomic E-state index is 13.6. The van der Waals surface area contributed by atoms with E-state index in [-0.39, 0.29) is 17.6 Å². The highest BCUT2D eigenvalue weighted by Crippen LogP contribution is 2.39. The molecule has 40 heavy (non-hydrogen) atoms. The van der Waals surface area contributed by atoms with Gasteiger partial charge >= 0.3 is 0 Å². The number of nitrogens with one attached hydrogen (secondary N) is 2. The van der Waals surface area contributed by atoms with E-state index in [0.29, 0.717) is 30.3 Å². The van der Waals surface area contributed by atoms with Crippen molar-refractivity contribution in [3.05, 3.63) is 99.6 Å². The summed E-state index contributed by atoms with van der Waals surface area (Å²) in [5.41, 5.74) is 4.66. The van der Waals surface area contributed by atoms with Gasteiger partial charge in [-0.1, -0.05) is 12.1 Å². The van der Waals surface area contributed by atoms with Crippen LogP contribution in [0.25, 0.3) is 0 Å². The van der Waals surface area contributed by atoms with Gasteiger partial charge in [0.1, 0.15) is 10.8 Å². The Morgan fingerprint density at radius 2 is 1.62 bits per heavy atom. The van der Waals surface area contributed by atoms with Gasteiger partial charge in [0.15, 0.2) is 5.76 Å². The number of anilines is 2. The van der Waals surface area contributed by atoms with Crippen molar-refractivity contribution >= 4 is 33.8 Å². The molecule has 0 atom stereocenters. The lowest BCUT2D eigenvalue weighted by atomic mass is 9.95. The number of morpholine rings is 1. The molecule has 0 saturated carbocycles. The largest absolute Gasteiger partial charge is 0.455 e. The van der Waals surface area contributed by atoms with Crippen LogP contribution in [-0.4, -0.2) is 48.0 Å². The van der Waals surface area contributed by atoms with Gasteiger partial charge in [-0.2, -0.15) is 0 Å². The predicted molar refractivity (Wildman–Crippen MR) is 155 cm³/mol. The Labute approximate surface area is 237 Å². The molecule has 2 aliphatic rings. The quantitative estimate of drug-likeness (QED) is 0.296. The normalized spacial score (nSPS) is 15.4. The molecule has 1 saturated heterocycles. The number of furan rings is 1. The number of fused-ring (bicyclic) bond motifs is 1. The summed E-state index contributed by atoms with van der Waals surface area (Å²) in [5.74, 6) is 0.430. The molecule has 0 radical (unpaired) electrons. The van der Waals surface area contributed by atoms with Crippen LogP contribution in [-0.2, 0) is 30.5 Å². The summed E-state index contributed by atoms with van der Waals surface area (Å²) in [6.07, 6.45) is 8.25. The molecule has 3 aromatic heterocycles. The van der Waals surface area contributed by atoms with Crippen LogP contribution in [0.3, 0.4) is 0 Å². The SMILES string of the molecule is O=C(Nc1sc2c(c1C(=O)Nc1ccc(Cc3ccncc3)cc1)CCCC2)c1ccc(CN2CCOCC2)o1. The molecule has 8 nitrogen and oxygen atoms in total. The van der Waals surface area contributed by atoms with Crippen LogP contribution in [0.1, 0.15) is 61.1 Å². The Morgan fingerprint density at radius 1 is 0.875 bits per heavy atom. The van der Waals surface area contributed by atoms with Gasteiger partial charge in [-0.3, -0.25) is 19.5 Å². The number of benzene rings is 1. The smallest absolute Gasteiger partial charge is 0.291 e. The van der Waals surface area contributed by atoms with E-state index in [4.69, 9.17) is 9.15 Å². The van der Waals surface area contributed by atoms with Crippen molar-refractivity contribution in [1.82, 2.24) is 9.88 Å². The van der Waals surface area contributed by atoms with Gasteiger partial charge in [-0.25, -0.2) is 0 Å². The van der Waals surface area contributed by atoms with Gasteiger partial charge in [-0.05, 0) is 85.2 Å². The zero-order valence-corrected chi connectivity index (χ0v) is 23.1. The highest BCUT2D eigenvalue weighted by atomic mass is 32.1. The average molecular weight is 557 g/mol. The summed E-state index contributed by atoms with van der Waals surface area (Å²) in [6, 6.07) is 15.4. The highest BCUT2D eigenvalue weighted by Gasteiger charge is 2.27. The van der Waals surface area contributed by atoms with E-state index in [1.165, 1.54) is 21.8 Å². The third kappa shape index (κ3) is 6.17. The summed E-state index contributed by atoms with van der Waals surface area (Å²) < 4.78 is 11.3. The molecular weight excluding hydrogens is 524 g/mol. The van der Waals surface area contributed by atoms with Gasteiger partial charge in [0.2, 0.25) is 0 Å². The Balaban J connectivity index is 1.16. The number of hydrogen-bond donors (Lipinski definition) is 2. The predicted octanol–water partition coefficient (Wildman–Crippen LogP) is 5.54. The molecule has 4 heterocycles. The summed E-state index contributed by atoms with van der Waals surface area (Å²) in [6.45, 7) is 3.73. The van der Waals surface area contributed by atoms with Crippen LogP contribution >= 0.6 is 11.3 Å². The van der Waals surface area contributed by atoms with Crippen molar-refractivity contribution in [1.29, 1.82) is 0 Å². The van der Waals surface area contributed by atoms with Gasteiger partial charge in [-0.15, -0.1) is 11.3 Å². The van der Waals surface area contributed by atoms with Crippen LogP contribution < -0.4 is 10.6 Å². The van der Waals surface area contributed by atoms with Crippen molar-refractivity contribution in [2.45, 2.75) is 38.6 Å². The number of nitrogens with zero attached hydrogens (tertiary/aromatic N) is 2. The molecule has 0 spiro atoms. The Hall–Kier alpha value is -3.79. The molecule has 206 valence electrons. The highest BCUT2D eigenvalue weighted by molar-refractivity contribution is 7.17. The first kappa shape index (κ1) is 26.4. The molecule has 9 heteroatoms. The van der Waals surface area contributed by atoms with E-state index in [1.54, 1.807) is 18.5 Å². The molecule has 1 aromatic carbocycles. The number of amides is 2. The lowest BCUT2D eigenvalue weighted by Gasteiger charge is -2.25. The second kappa shape index (κ2) is 12.2. The topological polar surface area (TPSA) is 96.7 Å². The van der Waals surface area contributed by atoms with Gasteiger partial charge < -0.3 is 19.8 Å². The first-order chi connectivity index (χ1) is 19.6. The van der Waals surface area contributed by atoms with Crippen LogP contribution in [0.15, 0.2) is 65.3 Å². The fourth-order valence-electron chi connectivity index (χ4n) is 5.26. The van der Waals surface area contributed by atoms with E-state index in [2.05, 4.69) is 20.5 Å². The molecule has 2 N–H and O–H groups in total. The molecule has 0 bridgehead atoms. The van der Waals surface area contributed by atoms with Crippen LogP contribution in [0, 0.1) is 0 Å². The van der Waals surface area contributed by atoms with E-state index >= 15 is 0 Å². The third-order valence-corrected chi connectivity index (χ3v) is 8.57. The van der Waals surface area contributed by atoms with Crippen molar-refractivity contribution in [3.8, 4) is 0 Å². The minimum Gasteiger partial charge on any atom is -0.455 e. The van der Waals surface area contributed by atoms with Crippen molar-refractivity contribution in [2.24, 2.45) is 0 Å². The number of carbonyl (C=O) groups excluding carboxylic acids is 2. The maximum absolute atomic E-state index is 13.6. The molecule has 1 aliphatic carbocycles. The van der Waals surface area contributed by atoms with E-state index in [9.17, 15) is 9.59 Å². The van der Waals surface area contributed by atoms with Gasteiger partial charge in [0, 0.05) is 36.0 Å². The second-order valence-corrected chi connectivity index (χ2v) is 11.3. The molecule has 6 rings (SSSR count). The number of carbonyl (C=O) groups is 2. The Kier molecular flexibility index (Phi) is 8.04. The lowest BCUT2D eigenvalue weighted by molar-refractivity contribution is 0.0312. The average Bonchev–Trinajstić information content (AvgIpc) is 3.60. The first-order valence-corrected chi connectivity index (χ1v) is 14.6. The van der Waals surface area contributed by atoms with Crippen LogP contribution in [0.5, 0.6) is 0 Å². The summed E-state index contributed by atoms with van der Waals surface area (Å²) in [7, 11) is 0. The summed E-state index contributed by atoms with van der Waals surface area (Å²) >= 11 is 1.50. The third-order valence-electron chi connectivity index (χ3n) is 7.36. The van der Waals surface area contributed by atoms with Crippen LogP contribution in [0.4, 0.5) is 10.7 Å². The van der Waals surface area contributed by atoms with E-state index < -0.39 is 0 Å². The number of aromatic nitrogens is 1. The standard InChI is InChI=1S/C31H32N4O4S/c36-29(26-10-9-24(39-26)20-35-15-17-38-18-16-35)34-31-28(25-3-1-2-4-27(25)40-31)30(37)33-23-7-5-21(6-8-23)19-22-11-13-32-14-12-22/h5-14H,1-4,15-20H2,(H,33,37)(H,34,36). The number of thiophene rings is 1. The summed E-state index contributed by atoms with van der Waals surface area (Å²) in [5, 5.41) is 6.62. The number of rotatable bonds is 8. The molecule has 1 aliphatic heterocycles. The van der Waals surface area contributed by atoms with Gasteiger partial charge in [0.25, 0.3) is 11.8 Å². The number of aryl methyl sites for hydroxylation is 1. The molecule has 0 unspecified atom stereocenters. The van der Waals surface area contributed by atoms with Crippen molar-refractivity contribution < 1.29 is 18.7 Å². The first-order valence-electron chi connectivity index (χ1n) is 13.8. The van der Waals surface area contributed by atoms with Crippen molar-refractivity contribution in [3.63, 3.8) is 0 Å². The summed E-state index contributed by atoms with van der Waals surface area (Å²) in [4.78, 5) is 34.3. The van der Waals surface area contributed by atoms with Crippen LogP contribution in [0.2, 0.25) is 0 Å². The van der Waals surface area contributed by atoms with E-state index in [0.717, 1.165) is 67.8 Å².